The Morgan fingerprint density at radius 3 is 2.36 bits per heavy atom. The highest BCUT2D eigenvalue weighted by Crippen LogP contribution is 2.31. The first-order valence-corrected chi connectivity index (χ1v) is 14.7. The molecule has 13 heteroatoms. The van der Waals surface area contributed by atoms with Gasteiger partial charge in [0.2, 0.25) is 5.91 Å². The van der Waals surface area contributed by atoms with E-state index >= 15 is 0 Å². The molecule has 0 saturated carbocycles. The number of carbonyl (C=O) groups excluding carboxylic acids is 3. The van der Waals surface area contributed by atoms with E-state index in [1.54, 1.807) is 23.9 Å². The number of hydrogen-bond donors (Lipinski definition) is 2. The second-order valence-corrected chi connectivity index (χ2v) is 10.8. The number of rotatable bonds is 8. The van der Waals surface area contributed by atoms with Crippen LogP contribution in [0.3, 0.4) is 0 Å². The molecule has 47 heavy (non-hydrogen) atoms. The number of carbonyl (C=O) groups is 3. The number of nitrogens with zero attached hydrogens (tertiary/aromatic N) is 4. The lowest BCUT2D eigenvalue weighted by atomic mass is 10.0. The van der Waals surface area contributed by atoms with Crippen molar-refractivity contribution in [2.45, 2.75) is 25.6 Å². The molecule has 4 aromatic rings. The van der Waals surface area contributed by atoms with E-state index in [4.69, 9.17) is 0 Å². The van der Waals surface area contributed by atoms with Crippen LogP contribution < -0.4 is 15.5 Å². The smallest absolute Gasteiger partial charge is 0.340 e. The summed E-state index contributed by atoms with van der Waals surface area (Å²) in [6.45, 7) is 2.86. The van der Waals surface area contributed by atoms with Crippen molar-refractivity contribution in [2.75, 3.05) is 37.4 Å². The lowest BCUT2D eigenvalue weighted by Crippen LogP contribution is -2.53. The van der Waals surface area contributed by atoms with Gasteiger partial charge in [0.15, 0.2) is 0 Å². The molecule has 2 N–H and O–H groups in total. The molecule has 1 unspecified atom stereocenters. The Hall–Kier alpha value is -5.30. The van der Waals surface area contributed by atoms with Gasteiger partial charge in [-0.15, -0.1) is 0 Å². The third kappa shape index (κ3) is 9.13. The lowest BCUT2D eigenvalue weighted by molar-refractivity contribution is -0.137. The van der Waals surface area contributed by atoms with Crippen LogP contribution in [0, 0.1) is 5.82 Å². The summed E-state index contributed by atoms with van der Waals surface area (Å²) in [5.74, 6) is -0.981. The highest BCUT2D eigenvalue weighted by Gasteiger charge is 2.37. The van der Waals surface area contributed by atoms with E-state index in [9.17, 15) is 31.9 Å². The van der Waals surface area contributed by atoms with Crippen LogP contribution in [0.4, 0.5) is 29.1 Å². The molecule has 0 aliphatic carbocycles. The van der Waals surface area contributed by atoms with Crippen molar-refractivity contribution < 1.29 is 31.9 Å². The largest absolute Gasteiger partial charge is 0.416 e. The molecule has 2 heterocycles. The molecule has 0 fully saturated rings. The SMILES string of the molecule is CCN1C(=O)C(NC(=O)c2cccc(C(F)(F)F)c2)Cc2cnn(-c3ccccc3)c21.CN(C)C/C=C/C(=O)Nc1ccc(F)cc1. The van der Waals surface area contributed by atoms with Gasteiger partial charge < -0.3 is 15.5 Å². The van der Waals surface area contributed by atoms with Gasteiger partial charge in [0.25, 0.3) is 11.8 Å². The molecule has 246 valence electrons. The van der Waals surface area contributed by atoms with Crippen LogP contribution in [0.5, 0.6) is 0 Å². The molecule has 9 nitrogen and oxygen atoms in total. The summed E-state index contributed by atoms with van der Waals surface area (Å²) in [4.78, 5) is 40.5. The van der Waals surface area contributed by atoms with Crippen LogP contribution in [0.15, 0.2) is 97.2 Å². The number of hydrogen-bond acceptors (Lipinski definition) is 5. The molecular formula is C34H34F4N6O3. The van der Waals surface area contributed by atoms with Crippen LogP contribution in [0.1, 0.15) is 28.4 Å². The minimum absolute atomic E-state index is 0.156. The number of para-hydroxylation sites is 1. The van der Waals surface area contributed by atoms with Crippen LogP contribution in [0.25, 0.3) is 5.69 Å². The molecule has 0 saturated heterocycles. The first kappa shape index (κ1) is 34.6. The maximum atomic E-state index is 13.1. The predicted molar refractivity (Wildman–Crippen MR) is 171 cm³/mol. The Balaban J connectivity index is 0.000000264. The van der Waals surface area contributed by atoms with E-state index in [1.807, 2.05) is 49.3 Å². The molecular weight excluding hydrogens is 616 g/mol. The Labute approximate surface area is 269 Å². The van der Waals surface area contributed by atoms with Crippen LogP contribution in [-0.4, -0.2) is 65.6 Å². The predicted octanol–water partition coefficient (Wildman–Crippen LogP) is 5.48. The molecule has 3 aromatic carbocycles. The summed E-state index contributed by atoms with van der Waals surface area (Å²) < 4.78 is 53.1. The van der Waals surface area contributed by atoms with Gasteiger partial charge in [-0.05, 0) is 75.6 Å². The summed E-state index contributed by atoms with van der Waals surface area (Å²) in [5.41, 5.74) is 1.06. The fraction of sp³-hybridized carbons (Fsp3) is 0.235. The molecule has 0 bridgehead atoms. The molecule has 0 spiro atoms. The first-order valence-electron chi connectivity index (χ1n) is 14.7. The van der Waals surface area contributed by atoms with E-state index in [1.165, 1.54) is 47.4 Å². The summed E-state index contributed by atoms with van der Waals surface area (Å²) in [5, 5.41) is 9.61. The van der Waals surface area contributed by atoms with Crippen molar-refractivity contribution in [1.82, 2.24) is 20.0 Å². The number of alkyl halides is 3. The van der Waals surface area contributed by atoms with Crippen molar-refractivity contribution in [1.29, 1.82) is 0 Å². The third-order valence-electron chi connectivity index (χ3n) is 6.99. The van der Waals surface area contributed by atoms with Crippen molar-refractivity contribution in [3.05, 3.63) is 120 Å². The molecule has 0 radical (unpaired) electrons. The van der Waals surface area contributed by atoms with Gasteiger partial charge in [0.05, 0.1) is 17.4 Å². The van der Waals surface area contributed by atoms with Gasteiger partial charge in [-0.3, -0.25) is 19.3 Å². The average Bonchev–Trinajstić information content (AvgIpc) is 3.46. The van der Waals surface area contributed by atoms with E-state index in [-0.39, 0.29) is 29.6 Å². The van der Waals surface area contributed by atoms with Crippen molar-refractivity contribution in [3.63, 3.8) is 0 Å². The Kier molecular flexibility index (Phi) is 11.3. The van der Waals surface area contributed by atoms with Crippen LogP contribution >= 0.6 is 0 Å². The van der Waals surface area contributed by atoms with Gasteiger partial charge in [-0.1, -0.05) is 30.3 Å². The van der Waals surface area contributed by atoms with E-state index in [2.05, 4.69) is 15.7 Å². The molecule has 1 atom stereocenters. The fourth-order valence-electron chi connectivity index (χ4n) is 4.75. The number of halogens is 4. The highest BCUT2D eigenvalue weighted by molar-refractivity contribution is 6.04. The van der Waals surface area contributed by atoms with Gasteiger partial charge in [0.1, 0.15) is 17.7 Å². The van der Waals surface area contributed by atoms with Gasteiger partial charge in [0, 0.05) is 42.4 Å². The zero-order valence-corrected chi connectivity index (χ0v) is 26.0. The Morgan fingerprint density at radius 1 is 1.02 bits per heavy atom. The summed E-state index contributed by atoms with van der Waals surface area (Å²) in [7, 11) is 3.84. The summed E-state index contributed by atoms with van der Waals surface area (Å²) >= 11 is 0. The average molecular weight is 651 g/mol. The topological polar surface area (TPSA) is 99.6 Å². The number of amides is 3. The fourth-order valence-corrected chi connectivity index (χ4v) is 4.75. The molecule has 1 aliphatic heterocycles. The van der Waals surface area contributed by atoms with Crippen molar-refractivity contribution >= 4 is 29.2 Å². The van der Waals surface area contributed by atoms with E-state index in [0.29, 0.717) is 24.6 Å². The quantitative estimate of drug-likeness (QED) is 0.195. The zero-order chi connectivity index (χ0) is 34.1. The zero-order valence-electron chi connectivity index (χ0n) is 26.0. The van der Waals surface area contributed by atoms with E-state index < -0.39 is 23.7 Å². The lowest BCUT2D eigenvalue weighted by Gasteiger charge is -2.32. The normalized spacial score (nSPS) is 14.4. The van der Waals surface area contributed by atoms with Crippen molar-refractivity contribution in [3.8, 4) is 5.69 Å². The van der Waals surface area contributed by atoms with Crippen LogP contribution in [-0.2, 0) is 22.2 Å². The van der Waals surface area contributed by atoms with Crippen LogP contribution in [0.2, 0.25) is 0 Å². The minimum atomic E-state index is -4.56. The Morgan fingerprint density at radius 2 is 1.72 bits per heavy atom. The summed E-state index contributed by atoms with van der Waals surface area (Å²) in [6, 6.07) is 18.2. The number of likely N-dealkylation sites (N-methyl/N-ethyl adjacent to an activating group) is 2. The van der Waals surface area contributed by atoms with Crippen molar-refractivity contribution in [2.24, 2.45) is 0 Å². The second-order valence-electron chi connectivity index (χ2n) is 10.8. The highest BCUT2D eigenvalue weighted by atomic mass is 19.4. The monoisotopic (exact) mass is 650 g/mol. The Bertz CT molecular complexity index is 1720. The maximum Gasteiger partial charge on any atom is 0.416 e. The third-order valence-corrected chi connectivity index (χ3v) is 6.99. The van der Waals surface area contributed by atoms with Gasteiger partial charge in [-0.2, -0.15) is 18.3 Å². The summed E-state index contributed by atoms with van der Waals surface area (Å²) in [6.07, 6.45) is 0.502. The molecule has 3 amide bonds. The molecule has 1 aromatic heterocycles. The first-order chi connectivity index (χ1) is 22.4. The number of aromatic nitrogens is 2. The molecule has 5 rings (SSSR count). The van der Waals surface area contributed by atoms with Gasteiger partial charge >= 0.3 is 6.18 Å². The number of benzene rings is 3. The molecule has 1 aliphatic rings. The number of fused-ring (bicyclic) bond motifs is 1. The second kappa shape index (κ2) is 15.3. The standard InChI is InChI=1S/C22H19F3N4O2.C12H15FN2O/c1-2-28-20-15(13-26-29(20)17-9-4-3-5-10-17)12-18(21(28)31)27-19(30)14-7-6-8-16(11-14)22(23,24)25;1-15(2)9-3-4-12(16)14-11-7-5-10(13)6-8-11/h3-11,13,18H,2,12H2,1H3,(H,27,30);3-8H,9H2,1-2H3,(H,14,16)/b;4-3+. The number of nitrogens with one attached hydrogen (secondary N) is 2. The number of anilines is 2. The minimum Gasteiger partial charge on any atom is -0.340 e. The van der Waals surface area contributed by atoms with Gasteiger partial charge in [-0.25, -0.2) is 9.07 Å². The maximum absolute atomic E-state index is 13.1. The van der Waals surface area contributed by atoms with E-state index in [0.717, 1.165) is 23.4 Å².